The molecule has 7 heteroatoms. The number of aromatic amines is 1. The van der Waals surface area contributed by atoms with Crippen LogP contribution in [0.15, 0.2) is 35.4 Å². The first-order chi connectivity index (χ1) is 9.83. The third kappa shape index (κ3) is 3.25. The van der Waals surface area contributed by atoms with Crippen LogP contribution in [0.1, 0.15) is 21.6 Å². The van der Waals surface area contributed by atoms with Crippen LogP contribution in [0.4, 0.5) is 5.69 Å². The predicted molar refractivity (Wildman–Crippen MR) is 78.9 cm³/mol. The van der Waals surface area contributed by atoms with Crippen LogP contribution in [-0.2, 0) is 14.8 Å². The smallest absolute Gasteiger partial charge is 0.354 e. The highest BCUT2D eigenvalue weighted by molar-refractivity contribution is 7.92. The fraction of sp³-hybridized carbons (Fsp3) is 0.214. The van der Waals surface area contributed by atoms with Crippen molar-refractivity contribution in [2.24, 2.45) is 0 Å². The zero-order valence-corrected chi connectivity index (χ0v) is 12.7. The van der Waals surface area contributed by atoms with Gasteiger partial charge >= 0.3 is 5.97 Å². The molecule has 21 heavy (non-hydrogen) atoms. The fourth-order valence-corrected chi connectivity index (χ4v) is 3.01. The molecule has 2 N–H and O–H groups in total. The van der Waals surface area contributed by atoms with E-state index in [4.69, 9.17) is 0 Å². The van der Waals surface area contributed by atoms with Gasteiger partial charge in [0.15, 0.2) is 0 Å². The molecule has 2 aromatic rings. The van der Waals surface area contributed by atoms with Crippen LogP contribution in [0.25, 0.3) is 0 Å². The molecule has 1 heterocycles. The van der Waals surface area contributed by atoms with Gasteiger partial charge in [-0.1, -0.05) is 17.7 Å². The second-order valence-corrected chi connectivity index (χ2v) is 6.35. The molecular weight excluding hydrogens is 292 g/mol. The summed E-state index contributed by atoms with van der Waals surface area (Å²) in [7, 11) is -2.53. The minimum atomic E-state index is -3.76. The average molecular weight is 308 g/mol. The van der Waals surface area contributed by atoms with E-state index in [1.165, 1.54) is 19.4 Å². The zero-order chi connectivity index (χ0) is 15.6. The zero-order valence-electron chi connectivity index (χ0n) is 11.9. The number of hydrogen-bond acceptors (Lipinski definition) is 4. The van der Waals surface area contributed by atoms with Gasteiger partial charge in [0.1, 0.15) is 10.6 Å². The molecule has 0 bridgehead atoms. The van der Waals surface area contributed by atoms with E-state index in [0.717, 1.165) is 11.1 Å². The van der Waals surface area contributed by atoms with Crippen molar-refractivity contribution in [3.63, 3.8) is 0 Å². The molecule has 6 nitrogen and oxygen atoms in total. The number of hydrogen-bond donors (Lipinski definition) is 2. The summed E-state index contributed by atoms with van der Waals surface area (Å²) in [6, 6.07) is 6.64. The van der Waals surface area contributed by atoms with Crippen molar-refractivity contribution in [2.75, 3.05) is 11.8 Å². The number of carbonyl (C=O) groups is 1. The van der Waals surface area contributed by atoms with E-state index in [-0.39, 0.29) is 10.6 Å². The van der Waals surface area contributed by atoms with Gasteiger partial charge in [-0.05, 0) is 31.5 Å². The van der Waals surface area contributed by atoms with Crippen LogP contribution in [-0.4, -0.2) is 26.5 Å². The van der Waals surface area contributed by atoms with Crippen molar-refractivity contribution in [2.45, 2.75) is 18.7 Å². The molecule has 0 spiro atoms. The Morgan fingerprint density at radius 2 is 1.95 bits per heavy atom. The first-order valence-electron chi connectivity index (χ1n) is 6.20. The number of esters is 1. The molecule has 0 radical (unpaired) electrons. The molecule has 0 aliphatic rings. The van der Waals surface area contributed by atoms with Crippen LogP contribution in [0.5, 0.6) is 0 Å². The van der Waals surface area contributed by atoms with Crippen LogP contribution in [0.3, 0.4) is 0 Å². The van der Waals surface area contributed by atoms with Crippen molar-refractivity contribution in [1.29, 1.82) is 0 Å². The van der Waals surface area contributed by atoms with Gasteiger partial charge in [0, 0.05) is 6.20 Å². The fourth-order valence-electron chi connectivity index (χ4n) is 1.89. The van der Waals surface area contributed by atoms with Gasteiger partial charge < -0.3 is 9.72 Å². The summed E-state index contributed by atoms with van der Waals surface area (Å²) < 4.78 is 31.6. The summed E-state index contributed by atoms with van der Waals surface area (Å²) in [4.78, 5) is 13.9. The molecule has 1 aromatic carbocycles. The van der Waals surface area contributed by atoms with Crippen molar-refractivity contribution < 1.29 is 17.9 Å². The second-order valence-electron chi connectivity index (χ2n) is 4.66. The standard InChI is InChI=1S/C14H16N2O4S/c1-9-4-5-12(10(2)6-9)16-21(18,19)11-7-13(15-8-11)14(17)20-3/h4-8,15-16H,1-3H3. The van der Waals surface area contributed by atoms with Gasteiger partial charge in [0.05, 0.1) is 12.8 Å². The Morgan fingerprint density at radius 1 is 1.24 bits per heavy atom. The monoisotopic (exact) mass is 308 g/mol. The molecule has 1 aromatic heterocycles. The number of rotatable bonds is 4. The molecule has 112 valence electrons. The first kappa shape index (κ1) is 15.1. The molecule has 0 unspecified atom stereocenters. The predicted octanol–water partition coefficient (Wildman–Crippen LogP) is 2.22. The lowest BCUT2D eigenvalue weighted by atomic mass is 10.1. The normalized spacial score (nSPS) is 11.2. The highest BCUT2D eigenvalue weighted by Gasteiger charge is 2.19. The Hall–Kier alpha value is -2.28. The van der Waals surface area contributed by atoms with E-state index in [0.29, 0.717) is 5.69 Å². The number of carbonyl (C=O) groups excluding carboxylic acids is 1. The number of H-pyrrole nitrogens is 1. The number of ether oxygens (including phenoxy) is 1. The van der Waals surface area contributed by atoms with Crippen LogP contribution < -0.4 is 4.72 Å². The van der Waals surface area contributed by atoms with Crippen molar-refractivity contribution in [1.82, 2.24) is 4.98 Å². The van der Waals surface area contributed by atoms with Gasteiger partial charge in [-0.25, -0.2) is 13.2 Å². The van der Waals surface area contributed by atoms with Crippen molar-refractivity contribution >= 4 is 21.7 Å². The largest absolute Gasteiger partial charge is 0.464 e. The molecule has 0 atom stereocenters. The molecule has 0 aliphatic carbocycles. The number of aromatic nitrogens is 1. The Bertz CT molecular complexity index is 778. The maximum Gasteiger partial charge on any atom is 0.354 e. The van der Waals surface area contributed by atoms with Crippen molar-refractivity contribution in [3.8, 4) is 0 Å². The summed E-state index contributed by atoms with van der Waals surface area (Å²) in [5.41, 5.74) is 2.45. The minimum Gasteiger partial charge on any atom is -0.464 e. The topological polar surface area (TPSA) is 88.3 Å². The summed E-state index contributed by atoms with van der Waals surface area (Å²) in [6.07, 6.45) is 1.25. The Kier molecular flexibility index (Phi) is 4.04. The number of anilines is 1. The summed E-state index contributed by atoms with van der Waals surface area (Å²) >= 11 is 0. The SMILES string of the molecule is COC(=O)c1cc(S(=O)(=O)Nc2ccc(C)cc2C)c[nH]1. The van der Waals surface area contributed by atoms with Crippen LogP contribution in [0, 0.1) is 13.8 Å². The third-order valence-corrected chi connectivity index (χ3v) is 4.34. The lowest BCUT2D eigenvalue weighted by Gasteiger charge is -2.09. The van der Waals surface area contributed by atoms with E-state index >= 15 is 0 Å². The van der Waals surface area contributed by atoms with Crippen LogP contribution >= 0.6 is 0 Å². The highest BCUT2D eigenvalue weighted by Crippen LogP contribution is 2.21. The van der Waals surface area contributed by atoms with Gasteiger partial charge in [-0.15, -0.1) is 0 Å². The summed E-state index contributed by atoms with van der Waals surface area (Å²) in [5, 5.41) is 0. The summed E-state index contributed by atoms with van der Waals surface area (Å²) in [6.45, 7) is 3.75. The number of methoxy groups -OCH3 is 1. The van der Waals surface area contributed by atoms with Gasteiger partial charge in [0.25, 0.3) is 10.0 Å². The number of sulfonamides is 1. The number of aryl methyl sites for hydroxylation is 2. The maximum absolute atomic E-state index is 12.3. The first-order valence-corrected chi connectivity index (χ1v) is 7.68. The third-order valence-electron chi connectivity index (χ3n) is 3.00. The van der Waals surface area contributed by atoms with Crippen molar-refractivity contribution in [3.05, 3.63) is 47.3 Å². The average Bonchev–Trinajstić information content (AvgIpc) is 2.91. The molecule has 2 rings (SSSR count). The lowest BCUT2D eigenvalue weighted by molar-refractivity contribution is 0.0595. The highest BCUT2D eigenvalue weighted by atomic mass is 32.2. The maximum atomic E-state index is 12.3. The minimum absolute atomic E-state index is 0.0251. The van der Waals surface area contributed by atoms with E-state index in [2.05, 4.69) is 14.4 Å². The van der Waals surface area contributed by atoms with E-state index in [1.54, 1.807) is 6.07 Å². The molecular formula is C14H16N2O4S. The quantitative estimate of drug-likeness (QED) is 0.848. The molecule has 0 saturated heterocycles. The van der Waals surface area contributed by atoms with E-state index in [9.17, 15) is 13.2 Å². The summed E-state index contributed by atoms with van der Waals surface area (Å²) in [5.74, 6) is -0.622. The van der Waals surface area contributed by atoms with Gasteiger partial charge in [-0.2, -0.15) is 0 Å². The molecule has 0 aliphatic heterocycles. The molecule has 0 saturated carbocycles. The number of nitrogens with one attached hydrogen (secondary N) is 2. The Balaban J connectivity index is 2.30. The van der Waals surface area contributed by atoms with Crippen LogP contribution in [0.2, 0.25) is 0 Å². The van der Waals surface area contributed by atoms with Gasteiger partial charge in [-0.3, -0.25) is 4.72 Å². The molecule has 0 fully saturated rings. The lowest BCUT2D eigenvalue weighted by Crippen LogP contribution is -2.13. The number of benzene rings is 1. The van der Waals surface area contributed by atoms with E-state index < -0.39 is 16.0 Å². The van der Waals surface area contributed by atoms with Gasteiger partial charge in [0.2, 0.25) is 0 Å². The Labute approximate surface area is 123 Å². The Morgan fingerprint density at radius 3 is 2.57 bits per heavy atom. The van der Waals surface area contributed by atoms with E-state index in [1.807, 2.05) is 26.0 Å². The second kappa shape index (κ2) is 5.61. The molecule has 0 amide bonds.